The minimum Gasteiger partial charge on any atom is -0.493 e. The van der Waals surface area contributed by atoms with Gasteiger partial charge < -0.3 is 10.5 Å². The zero-order chi connectivity index (χ0) is 12.1. The van der Waals surface area contributed by atoms with E-state index < -0.39 is 0 Å². The maximum atomic E-state index is 5.89. The molecule has 0 radical (unpaired) electrons. The van der Waals surface area contributed by atoms with Crippen LogP contribution >= 0.6 is 0 Å². The van der Waals surface area contributed by atoms with Gasteiger partial charge in [-0.25, -0.2) is 0 Å². The second kappa shape index (κ2) is 6.06. The van der Waals surface area contributed by atoms with Crippen molar-refractivity contribution in [1.82, 2.24) is 0 Å². The Balaban J connectivity index is 1.92. The van der Waals surface area contributed by atoms with Gasteiger partial charge in [-0.3, -0.25) is 0 Å². The monoisotopic (exact) mass is 233 g/mol. The largest absolute Gasteiger partial charge is 0.493 e. The molecule has 2 atom stereocenters. The lowest BCUT2D eigenvalue weighted by atomic mass is 10.1. The highest BCUT2D eigenvalue weighted by atomic mass is 16.5. The molecule has 2 rings (SSSR count). The lowest BCUT2D eigenvalue weighted by Gasteiger charge is -2.11. The topological polar surface area (TPSA) is 35.2 Å². The molecule has 1 aromatic carbocycles. The zero-order valence-corrected chi connectivity index (χ0v) is 10.7. The van der Waals surface area contributed by atoms with E-state index in [4.69, 9.17) is 10.5 Å². The van der Waals surface area contributed by atoms with Crippen LogP contribution in [0.3, 0.4) is 0 Å². The Kier molecular flexibility index (Phi) is 4.43. The van der Waals surface area contributed by atoms with Crippen molar-refractivity contribution in [2.45, 2.75) is 38.5 Å². The molecular weight excluding hydrogens is 210 g/mol. The summed E-state index contributed by atoms with van der Waals surface area (Å²) in [6.07, 6.45) is 4.86. The summed E-state index contributed by atoms with van der Waals surface area (Å²) in [5.74, 6) is 2.39. The van der Waals surface area contributed by atoms with Gasteiger partial charge in [-0.15, -0.1) is 0 Å². The molecule has 1 aliphatic rings. The van der Waals surface area contributed by atoms with Crippen LogP contribution in [-0.2, 0) is 0 Å². The second-order valence-corrected chi connectivity index (χ2v) is 4.93. The van der Waals surface area contributed by atoms with Crippen LogP contribution in [-0.4, -0.2) is 13.2 Å². The molecular formula is C15H23NO. The first-order chi connectivity index (χ1) is 8.36. The summed E-state index contributed by atoms with van der Waals surface area (Å²) in [5.41, 5.74) is 7.07. The van der Waals surface area contributed by atoms with Crippen molar-refractivity contribution in [3.05, 3.63) is 29.8 Å². The molecule has 2 N–H and O–H groups in total. The van der Waals surface area contributed by atoms with Crippen LogP contribution in [0.25, 0.3) is 0 Å². The molecule has 1 saturated carbocycles. The highest BCUT2D eigenvalue weighted by Crippen LogP contribution is 2.49. The lowest BCUT2D eigenvalue weighted by Crippen LogP contribution is -2.03. The molecule has 2 nitrogen and oxygen atoms in total. The third-order valence-electron chi connectivity index (χ3n) is 3.55. The first-order valence-corrected chi connectivity index (χ1v) is 6.78. The number of ether oxygens (including phenoxy) is 1. The van der Waals surface area contributed by atoms with E-state index >= 15 is 0 Å². The number of nitrogens with two attached hydrogens (primary N) is 1. The Morgan fingerprint density at radius 1 is 1.29 bits per heavy atom. The predicted molar refractivity (Wildman–Crippen MR) is 71.4 cm³/mol. The Morgan fingerprint density at radius 3 is 2.82 bits per heavy atom. The van der Waals surface area contributed by atoms with Crippen LogP contribution in [0.2, 0.25) is 0 Å². The molecule has 0 unspecified atom stereocenters. The number of hydrogen-bond donors (Lipinski definition) is 1. The normalized spacial score (nSPS) is 22.5. The van der Waals surface area contributed by atoms with E-state index in [1.54, 1.807) is 0 Å². The predicted octanol–water partition coefficient (Wildman–Crippen LogP) is 3.32. The van der Waals surface area contributed by atoms with Gasteiger partial charge in [0.2, 0.25) is 0 Å². The maximum Gasteiger partial charge on any atom is 0.122 e. The van der Waals surface area contributed by atoms with E-state index in [0.29, 0.717) is 11.8 Å². The van der Waals surface area contributed by atoms with Crippen molar-refractivity contribution in [2.75, 3.05) is 13.2 Å². The van der Waals surface area contributed by atoms with E-state index in [2.05, 4.69) is 31.2 Å². The first kappa shape index (κ1) is 12.4. The molecule has 0 aliphatic heterocycles. The van der Waals surface area contributed by atoms with Crippen LogP contribution in [0.1, 0.15) is 44.1 Å². The molecule has 1 fully saturated rings. The third-order valence-corrected chi connectivity index (χ3v) is 3.55. The molecule has 17 heavy (non-hydrogen) atoms. The first-order valence-electron chi connectivity index (χ1n) is 6.78. The summed E-state index contributed by atoms with van der Waals surface area (Å²) in [6.45, 7) is 3.85. The summed E-state index contributed by atoms with van der Waals surface area (Å²) >= 11 is 0. The van der Waals surface area contributed by atoms with Crippen LogP contribution < -0.4 is 10.5 Å². The van der Waals surface area contributed by atoms with Gasteiger partial charge in [0.25, 0.3) is 0 Å². The minimum absolute atomic E-state index is 0.641. The van der Waals surface area contributed by atoms with Gasteiger partial charge in [-0.2, -0.15) is 0 Å². The highest BCUT2D eigenvalue weighted by molar-refractivity contribution is 5.39. The van der Waals surface area contributed by atoms with E-state index in [1.165, 1.54) is 24.8 Å². The second-order valence-electron chi connectivity index (χ2n) is 4.93. The van der Waals surface area contributed by atoms with Gasteiger partial charge in [-0.1, -0.05) is 38.0 Å². The number of hydrogen-bond acceptors (Lipinski definition) is 2. The van der Waals surface area contributed by atoms with Gasteiger partial charge in [0.15, 0.2) is 0 Å². The number of rotatable bonds is 7. The summed E-state index contributed by atoms with van der Waals surface area (Å²) < 4.78 is 5.89. The smallest absolute Gasteiger partial charge is 0.122 e. The van der Waals surface area contributed by atoms with Crippen LogP contribution in [0.4, 0.5) is 0 Å². The Bertz CT molecular complexity index is 351. The molecule has 0 spiro atoms. The Labute approximate surface area is 104 Å². The zero-order valence-electron chi connectivity index (χ0n) is 10.7. The SMILES string of the molecule is CCCCCOc1ccccc1[C@H]1C[C@@H]1CN. The van der Waals surface area contributed by atoms with Crippen molar-refractivity contribution in [1.29, 1.82) is 0 Å². The molecule has 0 heterocycles. The number of unbranched alkanes of at least 4 members (excludes halogenated alkanes) is 2. The molecule has 0 bridgehead atoms. The number of benzene rings is 1. The van der Waals surface area contributed by atoms with Crippen LogP contribution in [0.5, 0.6) is 5.75 Å². The molecule has 1 aromatic rings. The van der Waals surface area contributed by atoms with Crippen LogP contribution in [0.15, 0.2) is 24.3 Å². The standard InChI is InChI=1S/C15H23NO/c1-2-3-6-9-17-15-8-5-4-7-13(15)14-10-12(14)11-16/h4-5,7-8,12,14H,2-3,6,9-11,16H2,1H3/t12-,14+/m1/s1. The lowest BCUT2D eigenvalue weighted by molar-refractivity contribution is 0.303. The Morgan fingerprint density at radius 2 is 2.12 bits per heavy atom. The fourth-order valence-corrected chi connectivity index (χ4v) is 2.34. The van der Waals surface area contributed by atoms with Gasteiger partial charge in [0.1, 0.15) is 5.75 Å². The molecule has 1 aliphatic carbocycles. The number of para-hydroxylation sites is 1. The summed E-state index contributed by atoms with van der Waals surface area (Å²) in [6, 6.07) is 8.43. The van der Waals surface area contributed by atoms with E-state index in [1.807, 2.05) is 0 Å². The van der Waals surface area contributed by atoms with Gasteiger partial charge in [0, 0.05) is 0 Å². The third kappa shape index (κ3) is 3.22. The average molecular weight is 233 g/mol. The quantitative estimate of drug-likeness (QED) is 0.733. The van der Waals surface area contributed by atoms with Crippen molar-refractivity contribution in [3.8, 4) is 5.75 Å². The van der Waals surface area contributed by atoms with E-state index in [0.717, 1.165) is 25.3 Å². The molecule has 0 aromatic heterocycles. The fraction of sp³-hybridized carbons (Fsp3) is 0.600. The summed E-state index contributed by atoms with van der Waals surface area (Å²) in [4.78, 5) is 0. The maximum absolute atomic E-state index is 5.89. The average Bonchev–Trinajstić information content (AvgIpc) is 3.14. The molecule has 0 amide bonds. The minimum atomic E-state index is 0.641. The summed E-state index contributed by atoms with van der Waals surface area (Å²) in [5, 5.41) is 0. The van der Waals surface area contributed by atoms with Gasteiger partial charge in [0.05, 0.1) is 6.61 Å². The van der Waals surface area contributed by atoms with E-state index in [-0.39, 0.29) is 0 Å². The summed E-state index contributed by atoms with van der Waals surface area (Å²) in [7, 11) is 0. The van der Waals surface area contributed by atoms with Crippen LogP contribution in [0, 0.1) is 5.92 Å². The van der Waals surface area contributed by atoms with Crippen molar-refractivity contribution < 1.29 is 4.74 Å². The van der Waals surface area contributed by atoms with Crippen molar-refractivity contribution in [2.24, 2.45) is 11.7 Å². The van der Waals surface area contributed by atoms with Gasteiger partial charge in [-0.05, 0) is 42.9 Å². The van der Waals surface area contributed by atoms with E-state index in [9.17, 15) is 0 Å². The molecule has 0 saturated heterocycles. The fourth-order valence-electron chi connectivity index (χ4n) is 2.34. The highest BCUT2D eigenvalue weighted by Gasteiger charge is 2.38. The van der Waals surface area contributed by atoms with Crippen molar-refractivity contribution >= 4 is 0 Å². The van der Waals surface area contributed by atoms with Gasteiger partial charge >= 0.3 is 0 Å². The molecule has 2 heteroatoms. The van der Waals surface area contributed by atoms with Crippen molar-refractivity contribution in [3.63, 3.8) is 0 Å². The Hall–Kier alpha value is -1.02. The molecule has 94 valence electrons.